The van der Waals surface area contributed by atoms with Crippen LogP contribution in [-0.2, 0) is 9.53 Å². The molecule has 0 spiro atoms. The number of carboxylic acid groups (broad SMARTS) is 1. The maximum absolute atomic E-state index is 11.4. The predicted molar refractivity (Wildman–Crippen MR) is 79.3 cm³/mol. The predicted octanol–water partition coefficient (Wildman–Crippen LogP) is 2.18. The zero-order chi connectivity index (χ0) is 15.4. The lowest BCUT2D eigenvalue weighted by molar-refractivity contribution is -0.141. The molecule has 1 fully saturated rings. The number of aliphatic carboxylic acids is 1. The van der Waals surface area contributed by atoms with Gasteiger partial charge in [-0.2, -0.15) is 5.26 Å². The van der Waals surface area contributed by atoms with E-state index in [1.165, 1.54) is 0 Å². The van der Waals surface area contributed by atoms with E-state index in [0.29, 0.717) is 18.7 Å². The fourth-order valence-electron chi connectivity index (χ4n) is 2.90. The van der Waals surface area contributed by atoms with Crippen LogP contribution in [0.4, 0.5) is 5.69 Å². The van der Waals surface area contributed by atoms with Gasteiger partial charge >= 0.3 is 5.97 Å². The lowest BCUT2D eigenvalue weighted by Gasteiger charge is -2.34. The van der Waals surface area contributed by atoms with Crippen molar-refractivity contribution < 1.29 is 14.6 Å². The average Bonchev–Trinajstić information content (AvgIpc) is 2.94. The number of ether oxygens (including phenoxy) is 1. The molecule has 5 heteroatoms. The van der Waals surface area contributed by atoms with Gasteiger partial charge in [-0.3, -0.25) is 4.79 Å². The SMILES string of the molecule is CCCN(c1c(C)cccc1C#N)C1COCC1C(=O)O. The first kappa shape index (κ1) is 15.3. The van der Waals surface area contributed by atoms with Crippen LogP contribution in [0.2, 0.25) is 0 Å². The van der Waals surface area contributed by atoms with Gasteiger partial charge in [0.25, 0.3) is 0 Å². The summed E-state index contributed by atoms with van der Waals surface area (Å²) in [5.74, 6) is -1.40. The molecule has 0 aliphatic carbocycles. The van der Waals surface area contributed by atoms with Gasteiger partial charge in [0.2, 0.25) is 0 Å². The van der Waals surface area contributed by atoms with E-state index in [-0.39, 0.29) is 12.6 Å². The van der Waals surface area contributed by atoms with Crippen LogP contribution in [0.3, 0.4) is 0 Å². The summed E-state index contributed by atoms with van der Waals surface area (Å²) in [6.07, 6.45) is 0.877. The van der Waals surface area contributed by atoms with E-state index in [2.05, 4.69) is 6.07 Å². The van der Waals surface area contributed by atoms with Crippen molar-refractivity contribution in [3.05, 3.63) is 29.3 Å². The number of para-hydroxylation sites is 1. The van der Waals surface area contributed by atoms with Crippen LogP contribution >= 0.6 is 0 Å². The standard InChI is InChI=1S/C16H20N2O3/c1-3-7-18(14-10-21-9-13(14)16(19)20)15-11(2)5-4-6-12(15)8-17/h4-6,13-14H,3,7,9-10H2,1-2H3,(H,19,20). The number of rotatable bonds is 5. The molecule has 0 radical (unpaired) electrons. The smallest absolute Gasteiger partial charge is 0.311 e. The maximum Gasteiger partial charge on any atom is 0.311 e. The molecule has 1 aromatic rings. The highest BCUT2D eigenvalue weighted by Gasteiger charge is 2.38. The number of hydrogen-bond acceptors (Lipinski definition) is 4. The summed E-state index contributed by atoms with van der Waals surface area (Å²) in [7, 11) is 0. The van der Waals surface area contributed by atoms with Gasteiger partial charge < -0.3 is 14.7 Å². The summed E-state index contributed by atoms with van der Waals surface area (Å²) < 4.78 is 5.39. The summed E-state index contributed by atoms with van der Waals surface area (Å²) in [5, 5.41) is 18.7. The number of benzene rings is 1. The van der Waals surface area contributed by atoms with Crippen LogP contribution in [0.5, 0.6) is 0 Å². The van der Waals surface area contributed by atoms with Gasteiger partial charge in [0.05, 0.1) is 30.5 Å². The fraction of sp³-hybridized carbons (Fsp3) is 0.500. The van der Waals surface area contributed by atoms with Crippen LogP contribution in [-0.4, -0.2) is 36.9 Å². The summed E-state index contributed by atoms with van der Waals surface area (Å²) in [4.78, 5) is 13.5. The first-order valence-corrected chi connectivity index (χ1v) is 7.17. The average molecular weight is 288 g/mol. The van der Waals surface area contributed by atoms with Crippen molar-refractivity contribution in [2.45, 2.75) is 26.3 Å². The molecule has 5 nitrogen and oxygen atoms in total. The van der Waals surface area contributed by atoms with Gasteiger partial charge in [-0.25, -0.2) is 0 Å². The highest BCUT2D eigenvalue weighted by Crippen LogP contribution is 2.31. The van der Waals surface area contributed by atoms with Gasteiger partial charge in [-0.05, 0) is 25.0 Å². The van der Waals surface area contributed by atoms with Crippen molar-refractivity contribution in [2.24, 2.45) is 5.92 Å². The molecule has 1 saturated heterocycles. The van der Waals surface area contributed by atoms with Gasteiger partial charge in [-0.1, -0.05) is 19.1 Å². The van der Waals surface area contributed by atoms with Crippen molar-refractivity contribution in [3.63, 3.8) is 0 Å². The number of hydrogen-bond donors (Lipinski definition) is 1. The van der Waals surface area contributed by atoms with Crippen molar-refractivity contribution >= 4 is 11.7 Å². The van der Waals surface area contributed by atoms with E-state index < -0.39 is 11.9 Å². The first-order chi connectivity index (χ1) is 10.1. The molecule has 1 aromatic carbocycles. The number of carboxylic acids is 1. The lowest BCUT2D eigenvalue weighted by Crippen LogP contribution is -2.44. The molecule has 0 bridgehead atoms. The largest absolute Gasteiger partial charge is 0.481 e. The van der Waals surface area contributed by atoms with E-state index in [9.17, 15) is 15.2 Å². The number of nitriles is 1. The highest BCUT2D eigenvalue weighted by atomic mass is 16.5. The van der Waals surface area contributed by atoms with Gasteiger partial charge in [0.15, 0.2) is 0 Å². The third-order valence-electron chi connectivity index (χ3n) is 3.88. The van der Waals surface area contributed by atoms with Crippen LogP contribution in [0.1, 0.15) is 24.5 Å². The summed E-state index contributed by atoms with van der Waals surface area (Å²) in [6.45, 7) is 5.31. The molecule has 0 amide bonds. The molecule has 1 N–H and O–H groups in total. The number of carbonyl (C=O) groups is 1. The highest BCUT2D eigenvalue weighted by molar-refractivity contribution is 5.73. The van der Waals surface area contributed by atoms with E-state index in [0.717, 1.165) is 17.7 Å². The second-order valence-corrected chi connectivity index (χ2v) is 5.33. The molecule has 2 unspecified atom stereocenters. The molecular weight excluding hydrogens is 268 g/mol. The maximum atomic E-state index is 11.4. The van der Waals surface area contributed by atoms with Crippen LogP contribution in [0, 0.1) is 24.2 Å². The van der Waals surface area contributed by atoms with Crippen LogP contribution in [0.15, 0.2) is 18.2 Å². The van der Waals surface area contributed by atoms with Gasteiger partial charge in [-0.15, -0.1) is 0 Å². The number of nitrogens with zero attached hydrogens (tertiary/aromatic N) is 2. The summed E-state index contributed by atoms with van der Waals surface area (Å²) in [5.41, 5.74) is 2.40. The normalized spacial score (nSPS) is 21.0. The zero-order valence-corrected chi connectivity index (χ0v) is 12.4. The molecule has 1 aliphatic rings. The fourth-order valence-corrected chi connectivity index (χ4v) is 2.90. The monoisotopic (exact) mass is 288 g/mol. The molecular formula is C16H20N2O3. The molecule has 112 valence electrons. The second kappa shape index (κ2) is 6.59. The van der Waals surface area contributed by atoms with Crippen molar-refractivity contribution in [1.82, 2.24) is 0 Å². The minimum Gasteiger partial charge on any atom is -0.481 e. The van der Waals surface area contributed by atoms with Crippen molar-refractivity contribution in [1.29, 1.82) is 5.26 Å². The minimum absolute atomic E-state index is 0.226. The Morgan fingerprint density at radius 2 is 2.29 bits per heavy atom. The number of anilines is 1. The minimum atomic E-state index is -0.842. The van der Waals surface area contributed by atoms with Crippen LogP contribution in [0.25, 0.3) is 0 Å². The van der Waals surface area contributed by atoms with Gasteiger partial charge in [0, 0.05) is 6.54 Å². The Kier molecular flexibility index (Phi) is 4.81. The molecule has 0 saturated carbocycles. The third-order valence-corrected chi connectivity index (χ3v) is 3.88. The quantitative estimate of drug-likeness (QED) is 0.899. The Labute approximate surface area is 124 Å². The van der Waals surface area contributed by atoms with Crippen molar-refractivity contribution in [2.75, 3.05) is 24.7 Å². The van der Waals surface area contributed by atoms with E-state index in [4.69, 9.17) is 4.74 Å². The van der Waals surface area contributed by atoms with E-state index in [1.54, 1.807) is 6.07 Å². The Balaban J connectivity index is 2.45. The molecule has 1 aliphatic heterocycles. The molecule has 2 rings (SSSR count). The van der Waals surface area contributed by atoms with E-state index in [1.807, 2.05) is 30.9 Å². The zero-order valence-electron chi connectivity index (χ0n) is 12.4. The Morgan fingerprint density at radius 3 is 2.90 bits per heavy atom. The Morgan fingerprint density at radius 1 is 1.52 bits per heavy atom. The van der Waals surface area contributed by atoms with Crippen LogP contribution < -0.4 is 4.90 Å². The first-order valence-electron chi connectivity index (χ1n) is 7.17. The molecule has 0 aromatic heterocycles. The van der Waals surface area contributed by atoms with Crippen molar-refractivity contribution in [3.8, 4) is 6.07 Å². The van der Waals surface area contributed by atoms with Gasteiger partial charge in [0.1, 0.15) is 12.0 Å². The second-order valence-electron chi connectivity index (χ2n) is 5.33. The Bertz CT molecular complexity index is 565. The lowest BCUT2D eigenvalue weighted by atomic mass is 9.98. The molecule has 21 heavy (non-hydrogen) atoms. The Hall–Kier alpha value is -2.06. The summed E-state index contributed by atoms with van der Waals surface area (Å²) >= 11 is 0. The molecule has 2 atom stereocenters. The topological polar surface area (TPSA) is 73.6 Å². The number of aryl methyl sites for hydroxylation is 1. The third kappa shape index (κ3) is 3.01. The molecule has 1 heterocycles. The summed E-state index contributed by atoms with van der Waals surface area (Å²) in [6, 6.07) is 7.56. The van der Waals surface area contributed by atoms with E-state index >= 15 is 0 Å².